The van der Waals surface area contributed by atoms with Crippen LogP contribution in [0.25, 0.3) is 10.9 Å². The highest BCUT2D eigenvalue weighted by Crippen LogP contribution is 2.49. The van der Waals surface area contributed by atoms with Gasteiger partial charge in [-0.15, -0.1) is 0 Å². The van der Waals surface area contributed by atoms with Crippen molar-refractivity contribution >= 4 is 28.5 Å². The van der Waals surface area contributed by atoms with Crippen LogP contribution in [0.15, 0.2) is 67.0 Å². The number of urea groups is 1. The number of anilines is 1. The van der Waals surface area contributed by atoms with Gasteiger partial charge in [0.25, 0.3) is 0 Å². The number of amides is 3. The molecule has 1 spiro atoms. The van der Waals surface area contributed by atoms with E-state index in [-0.39, 0.29) is 18.9 Å². The van der Waals surface area contributed by atoms with Crippen molar-refractivity contribution in [2.45, 2.75) is 17.9 Å². The molecule has 2 N–H and O–H groups in total. The first-order valence-corrected chi connectivity index (χ1v) is 13.1. The molecule has 3 amide bonds. The smallest absolute Gasteiger partial charge is 0.322 e. The number of carbonyl (C=O) groups is 2. The number of aliphatic hydroxyl groups excluding tert-OH is 1. The fourth-order valence-corrected chi connectivity index (χ4v) is 6.21. The number of fused-ring (bicyclic) bond motifs is 4. The number of pyridine rings is 1. The van der Waals surface area contributed by atoms with Crippen molar-refractivity contribution in [3.8, 4) is 5.75 Å². The van der Waals surface area contributed by atoms with E-state index < -0.39 is 23.3 Å². The maximum Gasteiger partial charge on any atom is 0.322 e. The van der Waals surface area contributed by atoms with Crippen molar-refractivity contribution in [1.82, 2.24) is 19.4 Å². The van der Waals surface area contributed by atoms with Crippen molar-refractivity contribution in [3.05, 3.63) is 89.6 Å². The summed E-state index contributed by atoms with van der Waals surface area (Å²) in [5.41, 5.74) is 3.61. The SMILES string of the molecule is COc1ccc2c3c(n(C)c2c1)[C@H](CO)N(C(=O)Nc1ccc(F)cc1)CC31CN(C(=O)Cc2ccncc2)C1. The van der Waals surface area contributed by atoms with Gasteiger partial charge >= 0.3 is 6.03 Å². The van der Waals surface area contributed by atoms with Gasteiger partial charge < -0.3 is 29.5 Å². The molecule has 0 saturated carbocycles. The summed E-state index contributed by atoms with van der Waals surface area (Å²) in [4.78, 5) is 34.3. The number of hydrogen-bond acceptors (Lipinski definition) is 5. The topological polar surface area (TPSA) is 99.9 Å². The van der Waals surface area contributed by atoms with Gasteiger partial charge in [-0.3, -0.25) is 9.78 Å². The molecule has 1 fully saturated rings. The second-order valence-corrected chi connectivity index (χ2v) is 10.5. The Hall–Kier alpha value is -4.44. The molecule has 4 aromatic rings. The lowest BCUT2D eigenvalue weighted by atomic mass is 9.68. The van der Waals surface area contributed by atoms with Gasteiger partial charge in [0.05, 0.1) is 37.1 Å². The number of likely N-dealkylation sites (tertiary alicyclic amines) is 1. The highest BCUT2D eigenvalue weighted by molar-refractivity contribution is 5.93. The minimum absolute atomic E-state index is 0.00637. The first-order valence-electron chi connectivity index (χ1n) is 13.1. The van der Waals surface area contributed by atoms with Crippen molar-refractivity contribution in [3.63, 3.8) is 0 Å². The van der Waals surface area contributed by atoms with Crippen molar-refractivity contribution in [2.75, 3.05) is 38.7 Å². The molecular weight excluding hydrogens is 513 g/mol. The van der Waals surface area contributed by atoms with Crippen LogP contribution < -0.4 is 10.1 Å². The molecule has 0 aliphatic carbocycles. The molecule has 9 nitrogen and oxygen atoms in total. The third-order valence-corrected chi connectivity index (χ3v) is 8.12. The maximum absolute atomic E-state index is 13.6. The number of ether oxygens (including phenoxy) is 1. The minimum atomic E-state index is -0.619. The predicted octanol–water partition coefficient (Wildman–Crippen LogP) is 3.62. The van der Waals surface area contributed by atoms with Crippen LogP contribution in [0.2, 0.25) is 0 Å². The lowest BCUT2D eigenvalue weighted by Crippen LogP contribution is -2.68. The van der Waals surface area contributed by atoms with Gasteiger partial charge in [-0.1, -0.05) is 0 Å². The molecule has 2 aromatic carbocycles. The van der Waals surface area contributed by atoms with E-state index >= 15 is 0 Å². The third-order valence-electron chi connectivity index (χ3n) is 8.12. The van der Waals surface area contributed by atoms with Crippen molar-refractivity contribution < 1.29 is 23.8 Å². The number of methoxy groups -OCH3 is 1. The summed E-state index contributed by atoms with van der Waals surface area (Å²) in [7, 11) is 3.53. The molecule has 6 rings (SSSR count). The Balaban J connectivity index is 1.38. The van der Waals surface area contributed by atoms with Crippen molar-refractivity contribution in [2.24, 2.45) is 7.05 Å². The number of benzene rings is 2. The van der Waals surface area contributed by atoms with Crippen LogP contribution in [0.4, 0.5) is 14.9 Å². The Bertz CT molecular complexity index is 1580. The number of halogens is 1. The predicted molar refractivity (Wildman–Crippen MR) is 148 cm³/mol. The van der Waals surface area contributed by atoms with Crippen molar-refractivity contribution in [1.29, 1.82) is 0 Å². The van der Waals surface area contributed by atoms with Gasteiger partial charge in [0.1, 0.15) is 11.6 Å². The van der Waals surface area contributed by atoms with E-state index in [0.717, 1.165) is 27.7 Å². The van der Waals surface area contributed by atoms with E-state index in [1.807, 2.05) is 46.8 Å². The molecule has 4 heterocycles. The molecule has 2 aliphatic rings. The summed E-state index contributed by atoms with van der Waals surface area (Å²) in [6.45, 7) is 0.898. The molecule has 40 heavy (non-hydrogen) atoms. The summed E-state index contributed by atoms with van der Waals surface area (Å²) >= 11 is 0. The van der Waals surface area contributed by atoms with Crippen LogP contribution in [0.5, 0.6) is 5.75 Å². The quantitative estimate of drug-likeness (QED) is 0.401. The average Bonchev–Trinajstić information content (AvgIpc) is 3.24. The van der Waals surface area contributed by atoms with Crippen LogP contribution in [0.3, 0.4) is 0 Å². The molecule has 0 bridgehead atoms. The largest absolute Gasteiger partial charge is 0.497 e. The molecule has 0 radical (unpaired) electrons. The van der Waals surface area contributed by atoms with E-state index in [1.54, 1.807) is 24.4 Å². The Morgan fingerprint density at radius 3 is 2.50 bits per heavy atom. The number of hydrogen-bond donors (Lipinski definition) is 2. The molecule has 0 unspecified atom stereocenters. The standard InChI is InChI=1S/C30H30FN5O4/c1-34-24-14-22(40-2)7-8-23(24)27-28(34)25(15-37)36(29(39)33-21-5-3-20(31)4-6-21)18-30(27)16-35(17-30)26(38)13-19-9-11-32-12-10-19/h3-12,14,25,37H,13,15-18H2,1-2H3,(H,33,39)/t25-/m0/s1. The van der Waals surface area contributed by atoms with Gasteiger partial charge in [0, 0.05) is 61.9 Å². The summed E-state index contributed by atoms with van der Waals surface area (Å²) < 4.78 is 20.9. The van der Waals surface area contributed by atoms with Crippen LogP contribution >= 0.6 is 0 Å². The third kappa shape index (κ3) is 4.24. The zero-order valence-corrected chi connectivity index (χ0v) is 22.3. The Morgan fingerprint density at radius 2 is 1.82 bits per heavy atom. The molecule has 1 atom stereocenters. The van der Waals surface area contributed by atoms with Gasteiger partial charge in [-0.25, -0.2) is 9.18 Å². The highest BCUT2D eigenvalue weighted by Gasteiger charge is 2.55. The summed E-state index contributed by atoms with van der Waals surface area (Å²) in [5.74, 6) is 0.310. The Kier molecular flexibility index (Phi) is 6.42. The van der Waals surface area contributed by atoms with Crippen LogP contribution in [0, 0.1) is 5.82 Å². The van der Waals surface area contributed by atoms with Gasteiger partial charge in [0.2, 0.25) is 5.91 Å². The molecule has 1 saturated heterocycles. The molecule has 206 valence electrons. The van der Waals surface area contributed by atoms with Gasteiger partial charge in [-0.05, 0) is 59.7 Å². The number of nitrogens with zero attached hydrogens (tertiary/aromatic N) is 4. The fourth-order valence-electron chi connectivity index (χ4n) is 6.21. The average molecular weight is 544 g/mol. The second-order valence-electron chi connectivity index (χ2n) is 10.5. The number of aryl methyl sites for hydroxylation is 1. The molecule has 2 aromatic heterocycles. The van der Waals surface area contributed by atoms with Crippen LogP contribution in [0.1, 0.15) is 22.9 Å². The highest BCUT2D eigenvalue weighted by atomic mass is 19.1. The monoisotopic (exact) mass is 543 g/mol. The summed E-state index contributed by atoms with van der Waals surface area (Å²) in [5, 5.41) is 14.5. The van der Waals surface area contributed by atoms with E-state index in [2.05, 4.69) is 10.3 Å². The number of aliphatic hydroxyl groups is 1. The number of aromatic nitrogens is 2. The summed E-state index contributed by atoms with van der Waals surface area (Å²) in [6, 6.07) is 14.1. The van der Waals surface area contributed by atoms with E-state index in [4.69, 9.17) is 4.74 Å². The minimum Gasteiger partial charge on any atom is -0.497 e. The Morgan fingerprint density at radius 1 is 1.10 bits per heavy atom. The van der Waals surface area contributed by atoms with Crippen LogP contribution in [-0.4, -0.2) is 69.7 Å². The number of rotatable bonds is 5. The number of carbonyl (C=O) groups excluding carboxylic acids is 2. The molecule has 2 aliphatic heterocycles. The lowest BCUT2D eigenvalue weighted by molar-refractivity contribution is -0.139. The first-order chi connectivity index (χ1) is 19.3. The van der Waals surface area contributed by atoms with E-state index in [1.165, 1.54) is 24.3 Å². The Labute approximate surface area is 230 Å². The van der Waals surface area contributed by atoms with Gasteiger partial charge in [0.15, 0.2) is 0 Å². The normalized spacial score (nSPS) is 17.4. The maximum atomic E-state index is 13.6. The van der Waals surface area contributed by atoms with Crippen LogP contribution in [-0.2, 0) is 23.7 Å². The number of nitrogens with one attached hydrogen (secondary N) is 1. The zero-order valence-electron chi connectivity index (χ0n) is 22.3. The van der Waals surface area contributed by atoms with E-state index in [9.17, 15) is 19.1 Å². The molecule has 10 heteroatoms. The first kappa shape index (κ1) is 25.8. The summed E-state index contributed by atoms with van der Waals surface area (Å²) in [6.07, 6.45) is 3.61. The van der Waals surface area contributed by atoms with Gasteiger partial charge in [-0.2, -0.15) is 0 Å². The lowest BCUT2D eigenvalue weighted by Gasteiger charge is -2.56. The van der Waals surface area contributed by atoms with E-state index in [0.29, 0.717) is 31.1 Å². The fraction of sp³-hybridized carbons (Fsp3) is 0.300. The molecular formula is C30H30FN5O4. The zero-order chi connectivity index (χ0) is 28.0. The second kappa shape index (κ2) is 9.95.